The van der Waals surface area contributed by atoms with Crippen molar-refractivity contribution in [3.63, 3.8) is 0 Å². The molecule has 2 amide bonds. The molecule has 4 aromatic carbocycles. The highest BCUT2D eigenvalue weighted by molar-refractivity contribution is 8.15. The Bertz CT molecular complexity index is 2670. The third kappa shape index (κ3) is 11.2. The summed E-state index contributed by atoms with van der Waals surface area (Å²) in [6, 6.07) is 37.4. The first-order valence-electron chi connectivity index (χ1n) is 23.1. The number of carbonyl (C=O) groups is 5. The smallest absolute Gasteiger partial charge is 0.415 e. The van der Waals surface area contributed by atoms with Gasteiger partial charge in [-0.3, -0.25) is 19.4 Å². The van der Waals surface area contributed by atoms with E-state index in [9.17, 15) is 24.0 Å². The molecule has 1 aliphatic carbocycles. The lowest BCUT2D eigenvalue weighted by Gasteiger charge is -2.33. The van der Waals surface area contributed by atoms with E-state index in [1.165, 1.54) is 48.8 Å². The average Bonchev–Trinajstić information content (AvgIpc) is 4.02. The molecule has 2 aliphatic rings. The van der Waals surface area contributed by atoms with Gasteiger partial charge in [0.2, 0.25) is 5.91 Å². The number of ketones is 2. The number of allylic oxidation sites excluding steroid dienone is 4. The Kier molecular flexibility index (Phi) is 16.3. The number of nitrogens with zero attached hydrogens (tertiary/aromatic N) is 4. The molecule has 1 aliphatic heterocycles. The average molecular weight is 972 g/mol. The Hall–Kier alpha value is -5.75. The van der Waals surface area contributed by atoms with Crippen LogP contribution in [0.2, 0.25) is 0 Å². The molecular weight excluding hydrogens is 912 g/mol. The minimum atomic E-state index is -1.87. The predicted molar refractivity (Wildman–Crippen MR) is 278 cm³/mol. The topological polar surface area (TPSA) is 136 Å². The van der Waals surface area contributed by atoms with Crippen molar-refractivity contribution in [3.8, 4) is 5.75 Å². The van der Waals surface area contributed by atoms with Crippen molar-refractivity contribution in [2.45, 2.75) is 72.8 Å². The Morgan fingerprint density at radius 2 is 1.31 bits per heavy atom. The molecule has 0 fully saturated rings. The Balaban J connectivity index is 0.860. The molecular formula is C54H60N4O7PS2+. The van der Waals surface area contributed by atoms with Gasteiger partial charge in [0, 0.05) is 73.1 Å². The maximum atomic E-state index is 13.3. The minimum absolute atomic E-state index is 0.0206. The number of aromatic nitrogens is 1. The number of esters is 1. The zero-order valence-corrected chi connectivity index (χ0v) is 42.5. The predicted octanol–water partition coefficient (Wildman–Crippen LogP) is 9.37. The Morgan fingerprint density at radius 1 is 0.735 bits per heavy atom. The second-order valence-corrected chi connectivity index (χ2v) is 23.8. The summed E-state index contributed by atoms with van der Waals surface area (Å²) in [6.45, 7) is 9.34. The van der Waals surface area contributed by atoms with Crippen molar-refractivity contribution in [1.29, 1.82) is 0 Å². The van der Waals surface area contributed by atoms with Crippen LogP contribution in [0.5, 0.6) is 5.75 Å². The van der Waals surface area contributed by atoms with E-state index >= 15 is 0 Å². The van der Waals surface area contributed by atoms with Gasteiger partial charge in [0.1, 0.15) is 39.0 Å². The van der Waals surface area contributed by atoms with Crippen molar-refractivity contribution in [1.82, 2.24) is 14.8 Å². The number of thioether (sulfide) groups is 1. The van der Waals surface area contributed by atoms with E-state index in [1.54, 1.807) is 66.9 Å². The maximum absolute atomic E-state index is 13.3. The summed E-state index contributed by atoms with van der Waals surface area (Å²) in [5, 5.41) is 5.54. The monoisotopic (exact) mass is 971 g/mol. The molecule has 0 N–H and O–H groups in total. The molecule has 7 rings (SSSR count). The second-order valence-electron chi connectivity index (χ2n) is 18.1. The van der Waals surface area contributed by atoms with Gasteiger partial charge >= 0.3 is 12.1 Å². The molecule has 354 valence electrons. The summed E-state index contributed by atoms with van der Waals surface area (Å²) in [4.78, 5) is 77.9. The number of hydrogen-bond acceptors (Lipinski definition) is 11. The molecule has 14 heteroatoms. The van der Waals surface area contributed by atoms with Crippen LogP contribution in [-0.2, 0) is 23.9 Å². The van der Waals surface area contributed by atoms with Gasteiger partial charge in [-0.25, -0.2) is 14.6 Å². The fourth-order valence-electron chi connectivity index (χ4n) is 8.83. The summed E-state index contributed by atoms with van der Waals surface area (Å²) < 4.78 is 12.2. The number of unbranched alkanes of at least 4 members (excludes halogenated alkanes) is 3. The van der Waals surface area contributed by atoms with E-state index in [-0.39, 0.29) is 43.0 Å². The number of likely N-dealkylation sites (N-methyl/N-ethyl adjacent to an activating group) is 2. The standard InChI is InChI=1S/C54H60N4O7PS2/c1-36-37(2)49(61)47(38(3)48(36)60)54(4,5)34-46(59)57(6)29-30-58(7)53(63)65-39-27-28-43-45(33-39)68-51(55-43)50-56-44(35-67-50)52(62)64-31-19-8-9-20-32-66(40-21-13-10-14-22-40,41-23-15-11-16-24-41)42-25-17-12-18-26-42/h10-18,21-28,33,44H,8-9,19-20,29-32,34-35H2,1-7H3/q+1/t44-/m1/s1. The fourth-order valence-corrected chi connectivity index (χ4v) is 15.3. The van der Waals surface area contributed by atoms with Crippen LogP contribution >= 0.6 is 30.4 Å². The zero-order valence-electron chi connectivity index (χ0n) is 40.0. The summed E-state index contributed by atoms with van der Waals surface area (Å²) in [5.41, 5.74) is 1.45. The maximum Gasteiger partial charge on any atom is 0.415 e. The number of carbonyl (C=O) groups excluding carboxylic acids is 5. The lowest BCUT2D eigenvalue weighted by atomic mass is 9.71. The van der Waals surface area contributed by atoms with Gasteiger partial charge in [0.15, 0.2) is 17.6 Å². The van der Waals surface area contributed by atoms with Crippen molar-refractivity contribution >= 4 is 91.1 Å². The van der Waals surface area contributed by atoms with Crippen LogP contribution in [0.3, 0.4) is 0 Å². The van der Waals surface area contributed by atoms with Crippen LogP contribution in [0.4, 0.5) is 4.79 Å². The summed E-state index contributed by atoms with van der Waals surface area (Å²) in [5.74, 6) is -0.0805. The Morgan fingerprint density at radius 3 is 1.93 bits per heavy atom. The van der Waals surface area contributed by atoms with Gasteiger partial charge in [-0.15, -0.1) is 23.1 Å². The first-order chi connectivity index (χ1) is 32.6. The highest BCUT2D eigenvalue weighted by atomic mass is 32.2. The quantitative estimate of drug-likeness (QED) is 0.0343. The van der Waals surface area contributed by atoms with E-state index in [4.69, 9.17) is 19.5 Å². The Labute approximate surface area is 408 Å². The summed E-state index contributed by atoms with van der Waals surface area (Å²) >= 11 is 2.89. The van der Waals surface area contributed by atoms with Gasteiger partial charge < -0.3 is 19.3 Å². The summed E-state index contributed by atoms with van der Waals surface area (Å²) in [6.07, 6.45) is 4.35. The molecule has 2 heterocycles. The first kappa shape index (κ1) is 50.1. The summed E-state index contributed by atoms with van der Waals surface area (Å²) in [7, 11) is 1.38. The SMILES string of the molecule is CC1=C(C)C(=O)C(C(C)(C)CC(=O)N(C)CCN(C)C(=O)Oc2ccc3nc(C4=N[C@@H](C(=O)OCCCCCC[P+](c5ccccc5)(c5ccccc5)c5ccccc5)CS4)sc3c2)=C(C)C1=O. The van der Waals surface area contributed by atoms with Crippen LogP contribution in [0.25, 0.3) is 10.2 Å². The van der Waals surface area contributed by atoms with Crippen molar-refractivity contribution < 1.29 is 33.4 Å². The van der Waals surface area contributed by atoms with Gasteiger partial charge in [-0.2, -0.15) is 0 Å². The number of fused-ring (bicyclic) bond motifs is 1. The molecule has 0 bridgehead atoms. The highest BCUT2D eigenvalue weighted by Gasteiger charge is 2.44. The molecule has 1 atom stereocenters. The lowest BCUT2D eigenvalue weighted by Crippen LogP contribution is -2.40. The fraction of sp³-hybridized carbons (Fsp3) is 0.352. The number of hydrogen-bond donors (Lipinski definition) is 0. The third-order valence-electron chi connectivity index (χ3n) is 12.9. The number of thiazole rings is 1. The molecule has 0 spiro atoms. The van der Waals surface area contributed by atoms with Crippen molar-refractivity contribution in [2.24, 2.45) is 10.4 Å². The number of ether oxygens (including phenoxy) is 2. The molecule has 11 nitrogen and oxygen atoms in total. The van der Waals surface area contributed by atoms with E-state index in [0.29, 0.717) is 50.5 Å². The van der Waals surface area contributed by atoms with Crippen LogP contribution in [-0.4, -0.2) is 101 Å². The lowest BCUT2D eigenvalue weighted by molar-refractivity contribution is -0.144. The highest BCUT2D eigenvalue weighted by Crippen LogP contribution is 2.56. The third-order valence-corrected chi connectivity index (χ3v) is 19.6. The second kappa shape index (κ2) is 22.1. The van der Waals surface area contributed by atoms with E-state index in [1.807, 2.05) is 0 Å². The van der Waals surface area contributed by atoms with Crippen LogP contribution in [0, 0.1) is 5.41 Å². The number of benzene rings is 4. The van der Waals surface area contributed by atoms with Crippen molar-refractivity contribution in [2.75, 3.05) is 45.7 Å². The van der Waals surface area contributed by atoms with Crippen LogP contribution in [0.1, 0.15) is 71.7 Å². The zero-order chi connectivity index (χ0) is 48.6. The van der Waals surface area contributed by atoms with Crippen LogP contribution < -0.4 is 20.7 Å². The van der Waals surface area contributed by atoms with Gasteiger partial charge in [0.25, 0.3) is 0 Å². The molecule has 0 saturated heterocycles. The largest absolute Gasteiger partial charge is 0.464 e. The van der Waals surface area contributed by atoms with Crippen LogP contribution in [0.15, 0.2) is 136 Å². The van der Waals surface area contributed by atoms with E-state index in [2.05, 4.69) is 91.0 Å². The molecule has 0 unspecified atom stereocenters. The normalized spacial score (nSPS) is 15.5. The number of Topliss-reactive ketones (excluding diaryl/α,β-unsaturated/α-hetero) is 2. The number of rotatable bonds is 19. The number of aliphatic imine (C=N–C) groups is 1. The molecule has 0 radical (unpaired) electrons. The van der Waals surface area contributed by atoms with Crippen molar-refractivity contribution in [3.05, 3.63) is 136 Å². The molecule has 68 heavy (non-hydrogen) atoms. The van der Waals surface area contributed by atoms with E-state index in [0.717, 1.165) is 42.1 Å². The first-order valence-corrected chi connectivity index (χ1v) is 26.9. The van der Waals surface area contributed by atoms with Gasteiger partial charge in [-0.1, -0.05) is 68.4 Å². The van der Waals surface area contributed by atoms with E-state index < -0.39 is 24.8 Å². The molecule has 0 saturated carbocycles. The van der Waals surface area contributed by atoms with Gasteiger partial charge in [0.05, 0.1) is 23.0 Å². The molecule has 1 aromatic heterocycles. The van der Waals surface area contributed by atoms with Gasteiger partial charge in [-0.05, 0) is 95.0 Å². The number of amides is 2. The molecule has 5 aromatic rings. The minimum Gasteiger partial charge on any atom is -0.464 e.